The third-order valence-corrected chi connectivity index (χ3v) is 3.17. The van der Waals surface area contributed by atoms with E-state index in [-0.39, 0.29) is 27.9 Å². The van der Waals surface area contributed by atoms with Crippen molar-refractivity contribution in [3.8, 4) is 11.5 Å². The summed E-state index contributed by atoms with van der Waals surface area (Å²) in [4.78, 5) is 0. The number of rotatable bonds is 3. The summed E-state index contributed by atoms with van der Waals surface area (Å²) < 4.78 is 19.7. The Morgan fingerprint density at radius 1 is 1.26 bits per heavy atom. The molecule has 0 saturated carbocycles. The average Bonchev–Trinajstić information content (AvgIpc) is 2.32. The van der Waals surface area contributed by atoms with Gasteiger partial charge in [-0.3, -0.25) is 5.41 Å². The third-order valence-electron chi connectivity index (χ3n) is 2.36. The van der Waals surface area contributed by atoms with Crippen LogP contribution >= 0.6 is 27.5 Å². The van der Waals surface area contributed by atoms with Gasteiger partial charge in [-0.2, -0.15) is 0 Å². The Morgan fingerprint density at radius 2 is 2.00 bits per heavy atom. The van der Waals surface area contributed by atoms with Crippen LogP contribution in [0.2, 0.25) is 5.02 Å². The molecule has 0 atom stereocenters. The molecule has 98 valence electrons. The molecule has 3 N–H and O–H groups in total. The minimum absolute atomic E-state index is 0.0352. The highest BCUT2D eigenvalue weighted by Gasteiger charge is 2.13. The molecule has 0 amide bonds. The normalized spacial score (nSPS) is 10.3. The number of nitrogens with two attached hydrogens (primary N) is 1. The monoisotopic (exact) mass is 342 g/mol. The summed E-state index contributed by atoms with van der Waals surface area (Å²) in [6, 6.07) is 9.21. The van der Waals surface area contributed by atoms with E-state index in [1.165, 1.54) is 12.1 Å². The first kappa shape index (κ1) is 13.8. The van der Waals surface area contributed by atoms with Gasteiger partial charge < -0.3 is 10.5 Å². The fourth-order valence-corrected chi connectivity index (χ4v) is 2.13. The first-order valence-corrected chi connectivity index (χ1v) is 6.42. The van der Waals surface area contributed by atoms with Gasteiger partial charge in [0.2, 0.25) is 0 Å². The molecule has 2 aromatic rings. The molecule has 0 saturated heterocycles. The lowest BCUT2D eigenvalue weighted by molar-refractivity contribution is 0.441. The van der Waals surface area contributed by atoms with Crippen LogP contribution in [0.4, 0.5) is 4.39 Å². The molecule has 0 aliphatic carbocycles. The zero-order valence-electron chi connectivity index (χ0n) is 9.58. The molecule has 0 spiro atoms. The largest absolute Gasteiger partial charge is 0.453 e. The number of hydrogen-bond donors (Lipinski definition) is 2. The number of amidine groups is 1. The van der Waals surface area contributed by atoms with Gasteiger partial charge in [0.05, 0.1) is 10.6 Å². The zero-order valence-corrected chi connectivity index (χ0v) is 11.9. The van der Waals surface area contributed by atoms with E-state index in [4.69, 9.17) is 27.5 Å². The Morgan fingerprint density at radius 3 is 2.63 bits per heavy atom. The molecule has 0 aromatic heterocycles. The summed E-state index contributed by atoms with van der Waals surface area (Å²) in [7, 11) is 0. The van der Waals surface area contributed by atoms with Gasteiger partial charge in [-0.05, 0) is 30.3 Å². The maximum Gasteiger partial charge on any atom is 0.166 e. The van der Waals surface area contributed by atoms with Crippen LogP contribution < -0.4 is 10.5 Å². The maximum atomic E-state index is 13.7. The van der Waals surface area contributed by atoms with Crippen LogP contribution in [0.25, 0.3) is 0 Å². The topological polar surface area (TPSA) is 59.1 Å². The molecule has 0 aliphatic rings. The van der Waals surface area contributed by atoms with Gasteiger partial charge in [-0.1, -0.05) is 33.6 Å². The van der Waals surface area contributed by atoms with Crippen molar-refractivity contribution >= 4 is 33.4 Å². The van der Waals surface area contributed by atoms with Crippen molar-refractivity contribution in [1.82, 2.24) is 0 Å². The molecule has 2 aromatic carbocycles. The van der Waals surface area contributed by atoms with E-state index in [0.29, 0.717) is 4.47 Å². The van der Waals surface area contributed by atoms with Gasteiger partial charge in [-0.25, -0.2) is 4.39 Å². The third kappa shape index (κ3) is 3.05. The lowest BCUT2D eigenvalue weighted by Crippen LogP contribution is -2.13. The predicted molar refractivity (Wildman–Crippen MR) is 76.6 cm³/mol. The van der Waals surface area contributed by atoms with E-state index >= 15 is 0 Å². The standard InChI is InChI=1S/C13H9BrClFN2O/c14-7-4-5-10(9(16)6-7)19-11-3-1-2-8(15)12(11)13(17)18/h1-6H,(H3,17,18). The van der Waals surface area contributed by atoms with E-state index in [0.717, 1.165) is 0 Å². The van der Waals surface area contributed by atoms with Crippen molar-refractivity contribution in [2.45, 2.75) is 0 Å². The fourth-order valence-electron chi connectivity index (χ4n) is 1.53. The Hall–Kier alpha value is -1.59. The molecule has 2 rings (SSSR count). The molecule has 6 heteroatoms. The van der Waals surface area contributed by atoms with Gasteiger partial charge in [0.25, 0.3) is 0 Å². The maximum absolute atomic E-state index is 13.7. The molecule has 0 fully saturated rings. The van der Waals surface area contributed by atoms with Crippen molar-refractivity contribution in [1.29, 1.82) is 5.41 Å². The Balaban J connectivity index is 2.44. The van der Waals surface area contributed by atoms with Gasteiger partial charge in [-0.15, -0.1) is 0 Å². The van der Waals surface area contributed by atoms with Crippen LogP contribution in [0, 0.1) is 11.2 Å². The van der Waals surface area contributed by atoms with Crippen molar-refractivity contribution in [3.05, 3.63) is 57.3 Å². The van der Waals surface area contributed by atoms with E-state index in [1.54, 1.807) is 24.3 Å². The summed E-state index contributed by atoms with van der Waals surface area (Å²) in [5, 5.41) is 7.76. The molecule has 19 heavy (non-hydrogen) atoms. The van der Waals surface area contributed by atoms with Crippen LogP contribution in [0.15, 0.2) is 40.9 Å². The molecule has 0 aliphatic heterocycles. The molecular formula is C13H9BrClFN2O. The summed E-state index contributed by atoms with van der Waals surface area (Å²) >= 11 is 9.11. The second kappa shape index (κ2) is 5.59. The molecule has 0 bridgehead atoms. The number of nitrogens with one attached hydrogen (secondary N) is 1. The average molecular weight is 344 g/mol. The second-order valence-electron chi connectivity index (χ2n) is 3.70. The Labute approximate surface area is 122 Å². The van der Waals surface area contributed by atoms with Crippen molar-refractivity contribution < 1.29 is 9.13 Å². The van der Waals surface area contributed by atoms with Crippen LogP contribution in [0.1, 0.15) is 5.56 Å². The number of hydrogen-bond acceptors (Lipinski definition) is 2. The molecule has 3 nitrogen and oxygen atoms in total. The van der Waals surface area contributed by atoms with Gasteiger partial charge in [0, 0.05) is 4.47 Å². The van der Waals surface area contributed by atoms with Crippen LogP contribution in [0.5, 0.6) is 11.5 Å². The SMILES string of the molecule is N=C(N)c1c(Cl)cccc1Oc1ccc(Br)cc1F. The summed E-state index contributed by atoms with van der Waals surface area (Å²) in [6.07, 6.45) is 0. The lowest BCUT2D eigenvalue weighted by Gasteiger charge is -2.12. The van der Waals surface area contributed by atoms with Crippen LogP contribution in [0.3, 0.4) is 0 Å². The molecular weight excluding hydrogens is 335 g/mol. The minimum Gasteiger partial charge on any atom is -0.453 e. The van der Waals surface area contributed by atoms with E-state index in [9.17, 15) is 4.39 Å². The van der Waals surface area contributed by atoms with Crippen molar-refractivity contribution in [2.75, 3.05) is 0 Å². The highest BCUT2D eigenvalue weighted by Crippen LogP contribution is 2.32. The second-order valence-corrected chi connectivity index (χ2v) is 5.03. The number of ether oxygens (including phenoxy) is 1. The summed E-state index contributed by atoms with van der Waals surface area (Å²) in [6.45, 7) is 0. The zero-order chi connectivity index (χ0) is 14.0. The summed E-state index contributed by atoms with van der Waals surface area (Å²) in [5.74, 6) is -0.490. The Bertz CT molecular complexity index is 649. The highest BCUT2D eigenvalue weighted by atomic mass is 79.9. The quantitative estimate of drug-likeness (QED) is 0.644. The first-order valence-electron chi connectivity index (χ1n) is 5.25. The Kier molecular flexibility index (Phi) is 4.07. The predicted octanol–water partition coefficient (Wildman–Crippen LogP) is 4.32. The van der Waals surface area contributed by atoms with Crippen molar-refractivity contribution in [3.63, 3.8) is 0 Å². The first-order chi connectivity index (χ1) is 8.99. The number of benzene rings is 2. The van der Waals surface area contributed by atoms with E-state index in [2.05, 4.69) is 15.9 Å². The number of nitrogen functional groups attached to an aromatic ring is 1. The van der Waals surface area contributed by atoms with E-state index < -0.39 is 5.82 Å². The van der Waals surface area contributed by atoms with Gasteiger partial charge in [0.15, 0.2) is 11.6 Å². The molecule has 0 heterocycles. The van der Waals surface area contributed by atoms with Crippen LogP contribution in [-0.4, -0.2) is 5.84 Å². The smallest absolute Gasteiger partial charge is 0.166 e. The lowest BCUT2D eigenvalue weighted by atomic mass is 10.2. The number of halogens is 3. The summed E-state index contributed by atoms with van der Waals surface area (Å²) in [5.41, 5.74) is 5.69. The van der Waals surface area contributed by atoms with Crippen molar-refractivity contribution in [2.24, 2.45) is 5.73 Å². The van der Waals surface area contributed by atoms with Gasteiger partial charge in [0.1, 0.15) is 11.6 Å². The minimum atomic E-state index is -0.524. The van der Waals surface area contributed by atoms with E-state index in [1.807, 2.05) is 0 Å². The van der Waals surface area contributed by atoms with Gasteiger partial charge >= 0.3 is 0 Å². The fraction of sp³-hybridized carbons (Fsp3) is 0. The molecule has 0 unspecified atom stereocenters. The molecule has 0 radical (unpaired) electrons. The van der Waals surface area contributed by atoms with Crippen LogP contribution in [-0.2, 0) is 0 Å². The highest BCUT2D eigenvalue weighted by molar-refractivity contribution is 9.10.